The predicted octanol–water partition coefficient (Wildman–Crippen LogP) is 1.75. The van der Waals surface area contributed by atoms with Crippen LogP contribution in [0.4, 0.5) is 11.4 Å². The van der Waals surface area contributed by atoms with Gasteiger partial charge in [-0.2, -0.15) is 0 Å². The number of rotatable bonds is 0. The molecule has 0 amide bonds. The van der Waals surface area contributed by atoms with Crippen molar-refractivity contribution in [3.63, 3.8) is 0 Å². The van der Waals surface area contributed by atoms with Gasteiger partial charge in [0.15, 0.2) is 0 Å². The Morgan fingerprint density at radius 3 is 3.15 bits per heavy atom. The smallest absolute Gasteiger partial charge is 0.114 e. The molecule has 3 N–H and O–H groups in total. The van der Waals surface area contributed by atoms with E-state index in [2.05, 4.69) is 33.6 Å². The van der Waals surface area contributed by atoms with E-state index in [0.717, 1.165) is 22.4 Å². The van der Waals surface area contributed by atoms with E-state index in [9.17, 15) is 0 Å². The van der Waals surface area contributed by atoms with Crippen LogP contribution in [0.3, 0.4) is 0 Å². The average Bonchev–Trinajstić information content (AvgIpc) is 2.65. The lowest BCUT2D eigenvalue weighted by atomic mass is 10.2. The van der Waals surface area contributed by atoms with Gasteiger partial charge in [-0.3, -0.25) is 0 Å². The van der Waals surface area contributed by atoms with E-state index in [1.165, 1.54) is 0 Å². The highest BCUT2D eigenvalue weighted by Gasteiger charge is 2.18. The molecule has 0 saturated carbocycles. The zero-order valence-corrected chi connectivity index (χ0v) is 7.26. The quantitative estimate of drug-likeness (QED) is 0.570. The summed E-state index contributed by atoms with van der Waals surface area (Å²) >= 11 is 0. The molecule has 1 aliphatic rings. The Kier molecular flexibility index (Phi) is 1.12. The molecule has 0 saturated heterocycles. The van der Waals surface area contributed by atoms with Crippen LogP contribution >= 0.6 is 0 Å². The summed E-state index contributed by atoms with van der Waals surface area (Å²) in [5.41, 5.74) is 4.31. The molecular formula is C9H10N4. The van der Waals surface area contributed by atoms with Crippen molar-refractivity contribution < 1.29 is 0 Å². The van der Waals surface area contributed by atoms with Crippen LogP contribution in [0.1, 0.15) is 6.92 Å². The van der Waals surface area contributed by atoms with Crippen molar-refractivity contribution in [2.45, 2.75) is 13.1 Å². The minimum absolute atomic E-state index is 0.289. The summed E-state index contributed by atoms with van der Waals surface area (Å²) in [6.45, 7) is 2.08. The van der Waals surface area contributed by atoms with E-state index in [-0.39, 0.29) is 6.17 Å². The van der Waals surface area contributed by atoms with Gasteiger partial charge in [0.25, 0.3) is 0 Å². The van der Waals surface area contributed by atoms with E-state index in [1.54, 1.807) is 6.33 Å². The molecule has 0 spiro atoms. The maximum Gasteiger partial charge on any atom is 0.114 e. The number of nitrogens with one attached hydrogen (secondary N) is 3. The number of aromatic amines is 1. The number of H-pyrrole nitrogens is 1. The van der Waals surface area contributed by atoms with Crippen LogP contribution in [-0.2, 0) is 0 Å². The Balaban J connectivity index is 2.34. The number of imidazole rings is 1. The molecule has 13 heavy (non-hydrogen) atoms. The van der Waals surface area contributed by atoms with Crippen molar-refractivity contribution in [1.82, 2.24) is 9.97 Å². The first kappa shape index (κ1) is 6.77. The molecule has 0 bridgehead atoms. The summed E-state index contributed by atoms with van der Waals surface area (Å²) in [5.74, 6) is 0. The lowest BCUT2D eigenvalue weighted by Gasteiger charge is -2.01. The van der Waals surface area contributed by atoms with Crippen LogP contribution in [-0.4, -0.2) is 16.1 Å². The summed E-state index contributed by atoms with van der Waals surface area (Å²) < 4.78 is 0. The number of benzene rings is 1. The second-order valence-corrected chi connectivity index (χ2v) is 3.30. The molecule has 66 valence electrons. The van der Waals surface area contributed by atoms with Crippen molar-refractivity contribution in [3.05, 3.63) is 18.5 Å². The lowest BCUT2D eigenvalue weighted by Crippen LogP contribution is -2.16. The molecule has 3 rings (SSSR count). The molecule has 2 aromatic rings. The van der Waals surface area contributed by atoms with Gasteiger partial charge in [-0.1, -0.05) is 0 Å². The van der Waals surface area contributed by atoms with Crippen molar-refractivity contribution in [2.24, 2.45) is 0 Å². The van der Waals surface area contributed by atoms with Crippen LogP contribution in [0.15, 0.2) is 18.5 Å². The number of nitrogens with zero attached hydrogens (tertiary/aromatic N) is 1. The topological polar surface area (TPSA) is 52.7 Å². The van der Waals surface area contributed by atoms with Gasteiger partial charge in [0, 0.05) is 0 Å². The standard InChI is InChI=1S/C9H10N4/c1-5-12-7-3-2-6-8(9(7)13-5)11-4-10-6/h2-5,12-13H,1H3,(H,10,11). The molecule has 1 unspecified atom stereocenters. The third-order valence-electron chi connectivity index (χ3n) is 2.32. The molecule has 0 radical (unpaired) electrons. The van der Waals surface area contributed by atoms with Gasteiger partial charge in [-0.05, 0) is 19.1 Å². The monoisotopic (exact) mass is 174 g/mol. The molecule has 0 aliphatic carbocycles. The molecular weight excluding hydrogens is 164 g/mol. The Morgan fingerprint density at radius 1 is 1.31 bits per heavy atom. The second kappa shape index (κ2) is 2.16. The number of anilines is 2. The van der Waals surface area contributed by atoms with Gasteiger partial charge in [-0.15, -0.1) is 0 Å². The van der Waals surface area contributed by atoms with Crippen LogP contribution in [0.25, 0.3) is 11.0 Å². The van der Waals surface area contributed by atoms with Crippen LogP contribution < -0.4 is 10.6 Å². The van der Waals surface area contributed by atoms with Crippen LogP contribution in [0.5, 0.6) is 0 Å². The van der Waals surface area contributed by atoms with E-state index in [1.807, 2.05) is 6.07 Å². The molecule has 0 fully saturated rings. The first-order chi connectivity index (χ1) is 6.34. The van der Waals surface area contributed by atoms with Crippen molar-refractivity contribution in [2.75, 3.05) is 10.6 Å². The Labute approximate surface area is 75.4 Å². The number of hydrogen-bond acceptors (Lipinski definition) is 3. The minimum Gasteiger partial charge on any atom is -0.364 e. The fraction of sp³-hybridized carbons (Fsp3) is 0.222. The summed E-state index contributed by atoms with van der Waals surface area (Å²) in [5, 5.41) is 6.65. The van der Waals surface area contributed by atoms with Crippen molar-refractivity contribution >= 4 is 22.4 Å². The molecule has 4 heteroatoms. The lowest BCUT2D eigenvalue weighted by molar-refractivity contribution is 0.956. The summed E-state index contributed by atoms with van der Waals surface area (Å²) in [4.78, 5) is 7.35. The third-order valence-corrected chi connectivity index (χ3v) is 2.32. The summed E-state index contributed by atoms with van der Waals surface area (Å²) in [7, 11) is 0. The Bertz CT molecular complexity index is 460. The van der Waals surface area contributed by atoms with E-state index in [0.29, 0.717) is 0 Å². The van der Waals surface area contributed by atoms with E-state index in [4.69, 9.17) is 0 Å². The SMILES string of the molecule is CC1Nc2ccc3[nH]cnc3c2N1. The van der Waals surface area contributed by atoms with Gasteiger partial charge in [0.2, 0.25) is 0 Å². The zero-order chi connectivity index (χ0) is 8.84. The zero-order valence-electron chi connectivity index (χ0n) is 7.26. The third kappa shape index (κ3) is 0.824. The molecule has 1 aromatic carbocycles. The molecule has 1 aliphatic heterocycles. The first-order valence-electron chi connectivity index (χ1n) is 4.34. The normalized spacial score (nSPS) is 19.6. The molecule has 1 aromatic heterocycles. The van der Waals surface area contributed by atoms with Gasteiger partial charge in [0.05, 0.1) is 29.4 Å². The maximum absolute atomic E-state index is 4.27. The Hall–Kier alpha value is -1.71. The molecule has 2 heterocycles. The summed E-state index contributed by atoms with van der Waals surface area (Å²) in [6.07, 6.45) is 2.01. The van der Waals surface area contributed by atoms with Gasteiger partial charge in [0.1, 0.15) is 5.52 Å². The van der Waals surface area contributed by atoms with Gasteiger partial charge in [-0.25, -0.2) is 4.98 Å². The minimum atomic E-state index is 0.289. The van der Waals surface area contributed by atoms with Crippen LogP contribution in [0, 0.1) is 0 Å². The second-order valence-electron chi connectivity index (χ2n) is 3.30. The highest BCUT2D eigenvalue weighted by molar-refractivity contribution is 5.97. The molecule has 1 atom stereocenters. The van der Waals surface area contributed by atoms with Crippen LogP contribution in [0.2, 0.25) is 0 Å². The van der Waals surface area contributed by atoms with Gasteiger partial charge < -0.3 is 15.6 Å². The van der Waals surface area contributed by atoms with E-state index >= 15 is 0 Å². The number of fused-ring (bicyclic) bond motifs is 3. The highest BCUT2D eigenvalue weighted by atomic mass is 15.2. The van der Waals surface area contributed by atoms with Crippen molar-refractivity contribution in [1.29, 1.82) is 0 Å². The largest absolute Gasteiger partial charge is 0.364 e. The average molecular weight is 174 g/mol. The fourth-order valence-electron chi connectivity index (χ4n) is 1.76. The number of aromatic nitrogens is 2. The highest BCUT2D eigenvalue weighted by Crippen LogP contribution is 2.34. The first-order valence-corrected chi connectivity index (χ1v) is 4.34. The van der Waals surface area contributed by atoms with Crippen molar-refractivity contribution in [3.8, 4) is 0 Å². The predicted molar refractivity (Wildman–Crippen MR) is 52.8 cm³/mol. The Morgan fingerprint density at radius 2 is 2.23 bits per heavy atom. The maximum atomic E-state index is 4.27. The number of hydrogen-bond donors (Lipinski definition) is 3. The van der Waals surface area contributed by atoms with E-state index < -0.39 is 0 Å². The van der Waals surface area contributed by atoms with Gasteiger partial charge >= 0.3 is 0 Å². The molecule has 4 nitrogen and oxygen atoms in total. The fourth-order valence-corrected chi connectivity index (χ4v) is 1.76. The summed E-state index contributed by atoms with van der Waals surface area (Å²) in [6, 6.07) is 4.10.